The third kappa shape index (κ3) is 5.41. The molecule has 0 saturated carbocycles. The maximum Gasteiger partial charge on any atom is 0.251 e. The SMILES string of the molecule is CC(C)(O)C#Cc1ccc(C(=O)NCc2cc(=O)[nH]cn2)cc1. The van der Waals surface area contributed by atoms with Gasteiger partial charge in [-0.25, -0.2) is 4.98 Å². The van der Waals surface area contributed by atoms with Gasteiger partial charge >= 0.3 is 0 Å². The lowest BCUT2D eigenvalue weighted by atomic mass is 10.1. The van der Waals surface area contributed by atoms with E-state index in [1.165, 1.54) is 12.4 Å². The van der Waals surface area contributed by atoms with Gasteiger partial charge in [0.1, 0.15) is 5.60 Å². The summed E-state index contributed by atoms with van der Waals surface area (Å²) in [5.41, 5.74) is 0.341. The van der Waals surface area contributed by atoms with Gasteiger partial charge in [-0.05, 0) is 38.1 Å². The van der Waals surface area contributed by atoms with Crippen LogP contribution in [0.1, 0.15) is 35.5 Å². The predicted molar refractivity (Wildman–Crippen MR) is 85.6 cm³/mol. The smallest absolute Gasteiger partial charge is 0.251 e. The highest BCUT2D eigenvalue weighted by Gasteiger charge is 2.07. The zero-order chi connectivity index (χ0) is 16.9. The number of nitrogens with one attached hydrogen (secondary N) is 2. The molecule has 2 rings (SSSR count). The fraction of sp³-hybridized carbons (Fsp3) is 0.235. The molecule has 0 spiro atoms. The molecule has 118 valence electrons. The molecule has 0 saturated heterocycles. The van der Waals surface area contributed by atoms with E-state index in [2.05, 4.69) is 27.1 Å². The monoisotopic (exact) mass is 311 g/mol. The number of amides is 1. The number of aliphatic hydroxyl groups is 1. The molecule has 0 aliphatic heterocycles. The van der Waals surface area contributed by atoms with Gasteiger partial charge < -0.3 is 15.4 Å². The number of aromatic nitrogens is 2. The second kappa shape index (κ2) is 6.90. The Morgan fingerprint density at radius 2 is 2.04 bits per heavy atom. The number of nitrogens with zero attached hydrogens (tertiary/aromatic N) is 1. The summed E-state index contributed by atoms with van der Waals surface area (Å²) >= 11 is 0. The number of carbonyl (C=O) groups is 1. The van der Waals surface area contributed by atoms with Crippen molar-refractivity contribution in [2.24, 2.45) is 0 Å². The highest BCUT2D eigenvalue weighted by atomic mass is 16.3. The number of H-pyrrole nitrogens is 1. The molecule has 1 aromatic carbocycles. The highest BCUT2D eigenvalue weighted by Crippen LogP contribution is 2.05. The molecule has 0 aliphatic rings. The minimum atomic E-state index is -1.06. The van der Waals surface area contributed by atoms with E-state index in [1.54, 1.807) is 38.1 Å². The van der Waals surface area contributed by atoms with Gasteiger partial charge in [0.15, 0.2) is 0 Å². The average Bonchev–Trinajstić information content (AvgIpc) is 2.50. The Kier molecular flexibility index (Phi) is 4.94. The molecule has 0 aliphatic carbocycles. The lowest BCUT2D eigenvalue weighted by Gasteiger charge is -2.06. The molecule has 2 aromatic rings. The van der Waals surface area contributed by atoms with Gasteiger partial charge in [-0.1, -0.05) is 11.8 Å². The molecule has 23 heavy (non-hydrogen) atoms. The first-order valence-corrected chi connectivity index (χ1v) is 7.01. The summed E-state index contributed by atoms with van der Waals surface area (Å²) in [4.78, 5) is 29.5. The van der Waals surface area contributed by atoms with Gasteiger partial charge in [0.2, 0.25) is 0 Å². The van der Waals surface area contributed by atoms with Crippen LogP contribution in [0.15, 0.2) is 41.5 Å². The quantitative estimate of drug-likeness (QED) is 0.731. The second-order valence-corrected chi connectivity index (χ2v) is 5.47. The van der Waals surface area contributed by atoms with E-state index in [-0.39, 0.29) is 18.0 Å². The van der Waals surface area contributed by atoms with E-state index < -0.39 is 5.60 Å². The third-order valence-electron chi connectivity index (χ3n) is 2.82. The van der Waals surface area contributed by atoms with Crippen molar-refractivity contribution in [1.82, 2.24) is 15.3 Å². The van der Waals surface area contributed by atoms with Crippen LogP contribution in [0.25, 0.3) is 0 Å². The minimum absolute atomic E-state index is 0.170. The molecule has 0 unspecified atom stereocenters. The van der Waals surface area contributed by atoms with Crippen LogP contribution in [0.4, 0.5) is 0 Å². The van der Waals surface area contributed by atoms with Gasteiger partial charge in [0.25, 0.3) is 11.5 Å². The number of hydrogen-bond donors (Lipinski definition) is 3. The molecule has 0 atom stereocenters. The molecule has 1 aromatic heterocycles. The van der Waals surface area contributed by atoms with Gasteiger partial charge in [-0.15, -0.1) is 0 Å². The van der Waals surface area contributed by atoms with Crippen LogP contribution < -0.4 is 10.9 Å². The Morgan fingerprint density at radius 3 is 2.65 bits per heavy atom. The van der Waals surface area contributed by atoms with E-state index in [4.69, 9.17) is 0 Å². The summed E-state index contributed by atoms with van der Waals surface area (Å²) in [5, 5.41) is 12.2. The zero-order valence-corrected chi connectivity index (χ0v) is 12.9. The van der Waals surface area contributed by atoms with E-state index in [0.29, 0.717) is 16.8 Å². The van der Waals surface area contributed by atoms with Gasteiger partial charge in [-0.2, -0.15) is 0 Å². The normalized spacial score (nSPS) is 10.6. The largest absolute Gasteiger partial charge is 0.378 e. The highest BCUT2D eigenvalue weighted by molar-refractivity contribution is 5.94. The minimum Gasteiger partial charge on any atom is -0.378 e. The van der Waals surface area contributed by atoms with Crippen molar-refractivity contribution in [3.05, 3.63) is 63.8 Å². The van der Waals surface area contributed by atoms with Crippen molar-refractivity contribution < 1.29 is 9.90 Å². The van der Waals surface area contributed by atoms with Crippen LogP contribution in [-0.2, 0) is 6.54 Å². The summed E-state index contributed by atoms with van der Waals surface area (Å²) < 4.78 is 0. The first kappa shape index (κ1) is 16.5. The lowest BCUT2D eigenvalue weighted by molar-refractivity contribution is 0.0950. The first-order chi connectivity index (χ1) is 10.8. The number of hydrogen-bond acceptors (Lipinski definition) is 4. The van der Waals surface area contributed by atoms with E-state index in [1.807, 2.05) is 0 Å². The summed E-state index contributed by atoms with van der Waals surface area (Å²) in [5.74, 6) is 5.27. The Bertz CT molecular complexity index is 806. The third-order valence-corrected chi connectivity index (χ3v) is 2.82. The standard InChI is InChI=1S/C17H17N3O3/c1-17(2,23)8-7-12-3-5-13(6-4-12)16(22)18-10-14-9-15(21)20-11-19-14/h3-6,9,11,23H,10H2,1-2H3,(H,18,22)(H,19,20,21). The van der Waals surface area contributed by atoms with Gasteiger partial charge in [-0.3, -0.25) is 9.59 Å². The summed E-state index contributed by atoms with van der Waals surface area (Å²) in [7, 11) is 0. The van der Waals surface area contributed by atoms with Crippen molar-refractivity contribution in [2.75, 3.05) is 0 Å². The van der Waals surface area contributed by atoms with Gasteiger partial charge in [0.05, 0.1) is 18.6 Å². The fourth-order valence-corrected chi connectivity index (χ4v) is 1.71. The van der Waals surface area contributed by atoms with Crippen LogP contribution in [0.5, 0.6) is 0 Å². The fourth-order valence-electron chi connectivity index (χ4n) is 1.71. The Balaban J connectivity index is 2.00. The molecule has 0 radical (unpaired) electrons. The molecule has 3 N–H and O–H groups in total. The van der Waals surface area contributed by atoms with E-state index >= 15 is 0 Å². The summed E-state index contributed by atoms with van der Waals surface area (Å²) in [6.07, 6.45) is 1.29. The molecule has 1 heterocycles. The van der Waals surface area contributed by atoms with E-state index in [0.717, 1.165) is 0 Å². The van der Waals surface area contributed by atoms with Crippen LogP contribution in [0.2, 0.25) is 0 Å². The van der Waals surface area contributed by atoms with Crippen LogP contribution in [0, 0.1) is 11.8 Å². The number of rotatable bonds is 3. The Hall–Kier alpha value is -2.91. The average molecular weight is 311 g/mol. The summed E-state index contributed by atoms with van der Waals surface area (Å²) in [6, 6.07) is 8.04. The van der Waals surface area contributed by atoms with Crippen LogP contribution in [-0.4, -0.2) is 26.6 Å². The van der Waals surface area contributed by atoms with Crippen molar-refractivity contribution >= 4 is 5.91 Å². The number of carbonyl (C=O) groups excluding carboxylic acids is 1. The summed E-state index contributed by atoms with van der Waals surface area (Å²) in [6.45, 7) is 3.37. The predicted octanol–water partition coefficient (Wildman–Crippen LogP) is 0.822. The number of aromatic amines is 1. The second-order valence-electron chi connectivity index (χ2n) is 5.47. The molecule has 0 bridgehead atoms. The molecular weight excluding hydrogens is 294 g/mol. The Morgan fingerprint density at radius 1 is 1.35 bits per heavy atom. The van der Waals surface area contributed by atoms with Crippen LogP contribution in [0.3, 0.4) is 0 Å². The molecule has 1 amide bonds. The van der Waals surface area contributed by atoms with Crippen molar-refractivity contribution in [3.8, 4) is 11.8 Å². The molecule has 6 heteroatoms. The zero-order valence-electron chi connectivity index (χ0n) is 12.9. The first-order valence-electron chi connectivity index (χ1n) is 7.01. The van der Waals surface area contributed by atoms with Crippen molar-refractivity contribution in [2.45, 2.75) is 26.0 Å². The van der Waals surface area contributed by atoms with E-state index in [9.17, 15) is 14.7 Å². The molecule has 6 nitrogen and oxygen atoms in total. The van der Waals surface area contributed by atoms with Gasteiger partial charge in [0, 0.05) is 17.2 Å². The van der Waals surface area contributed by atoms with Crippen LogP contribution >= 0.6 is 0 Å². The molecular formula is C17H17N3O3. The number of benzene rings is 1. The Labute approximate surface area is 133 Å². The van der Waals surface area contributed by atoms with Crippen molar-refractivity contribution in [1.29, 1.82) is 0 Å². The lowest BCUT2D eigenvalue weighted by Crippen LogP contribution is -2.24. The topological polar surface area (TPSA) is 95.1 Å². The maximum atomic E-state index is 12.0. The van der Waals surface area contributed by atoms with Crippen molar-refractivity contribution in [3.63, 3.8) is 0 Å². The molecule has 0 fully saturated rings. The maximum absolute atomic E-state index is 12.0.